The van der Waals surface area contributed by atoms with Crippen LogP contribution in [0.4, 0.5) is 0 Å². The van der Waals surface area contributed by atoms with Crippen LogP contribution in [0, 0.1) is 0 Å². The van der Waals surface area contributed by atoms with Crippen LogP contribution in [0.3, 0.4) is 0 Å². The monoisotopic (exact) mass is 1130 g/mol. The molecule has 0 spiro atoms. The van der Waals surface area contributed by atoms with E-state index in [4.69, 9.17) is 56.8 Å². The smallest absolute Gasteiger partial charge is 0.187 e. The Morgan fingerprint density at radius 3 is 0.916 bits per heavy atom. The Bertz CT molecular complexity index is 2880. The van der Waals surface area contributed by atoms with E-state index in [0.29, 0.717) is 0 Å². The molecule has 7 aromatic rings. The van der Waals surface area contributed by atoms with Gasteiger partial charge in [0.25, 0.3) is 0 Å². The van der Waals surface area contributed by atoms with Gasteiger partial charge in [-0.15, -0.1) is 0 Å². The van der Waals surface area contributed by atoms with Crippen molar-refractivity contribution in [3.8, 4) is 0 Å². The van der Waals surface area contributed by atoms with Gasteiger partial charge in [-0.05, 0) is 38.9 Å². The van der Waals surface area contributed by atoms with Gasteiger partial charge in [0.2, 0.25) is 0 Å². The minimum atomic E-state index is -1.79. The lowest BCUT2D eigenvalue weighted by Gasteiger charge is -2.49. The molecule has 0 bridgehead atoms. The van der Waals surface area contributed by atoms with Gasteiger partial charge in [-0.25, -0.2) is 0 Å². The lowest BCUT2D eigenvalue weighted by molar-refractivity contribution is -0.374. The number of hydrogen-bond donors (Lipinski definition) is 4. The molecule has 16 heteroatoms. The minimum absolute atomic E-state index is 0.000644. The standard InChI is InChI=1S/C67H74O16/c68-56-59(74-38-48-26-12-3-13-27-48)53(43-72-36-46-22-8-1-9-23-46)81-66(63(56)77-41-51-32-18-6-19-33-51)79-45-55-61(62(58(70)65(71)80-55)76-40-50-30-16-5-17-31-50)83-67-64(78-42-52-34-20-7-21-35-52)57(69)60(75-39-49-28-14-4-15-29-49)54(82-67)44-73-37-47-24-10-2-11-25-47/h1-35,53-71H,36-45H2/t53-,54-,55-,56+,57+,58-,59-,60-,61-,62-,63-,64-,65+,66?,67?/m1/s1. The quantitative estimate of drug-likeness (QED) is 0.0369. The first-order valence-corrected chi connectivity index (χ1v) is 28.3. The zero-order valence-electron chi connectivity index (χ0n) is 46.1. The zero-order valence-corrected chi connectivity index (χ0v) is 46.1. The average molecular weight is 1140 g/mol. The fraction of sp³-hybridized carbons (Fsp3) is 0.373. The molecule has 2 unspecified atom stereocenters. The second kappa shape index (κ2) is 31.2. The highest BCUT2D eigenvalue weighted by Crippen LogP contribution is 2.36. The number of ether oxygens (including phenoxy) is 12. The van der Waals surface area contributed by atoms with E-state index in [1.807, 2.05) is 212 Å². The molecule has 4 N–H and O–H groups in total. The topological polar surface area (TPSA) is 192 Å². The van der Waals surface area contributed by atoms with Gasteiger partial charge in [0.1, 0.15) is 73.2 Å². The molecule has 3 heterocycles. The van der Waals surface area contributed by atoms with E-state index in [1.54, 1.807) is 0 Å². The van der Waals surface area contributed by atoms with Gasteiger partial charge in [-0.3, -0.25) is 0 Å². The first-order chi connectivity index (χ1) is 40.8. The average Bonchev–Trinajstić information content (AvgIpc) is 3.63. The number of hydrogen-bond acceptors (Lipinski definition) is 16. The lowest BCUT2D eigenvalue weighted by Crippen LogP contribution is -2.66. The fourth-order valence-electron chi connectivity index (χ4n) is 10.4. The first kappa shape index (κ1) is 60.0. The molecule has 0 amide bonds. The second-order valence-corrected chi connectivity index (χ2v) is 20.9. The van der Waals surface area contributed by atoms with Crippen molar-refractivity contribution in [1.29, 1.82) is 0 Å². The predicted molar refractivity (Wildman–Crippen MR) is 304 cm³/mol. The first-order valence-electron chi connectivity index (χ1n) is 28.3. The SMILES string of the molecule is O[C@@H]1[C@@H](OCc2ccccc2)[C@H](OC2O[C@H](COCc3ccccc3)[C@@H](OCc3ccccc3)[C@H](O)[C@H]2OCc2ccccc2)[C@@H](COC2O[C@H](COCc3ccccc3)[C@@H](OCc3ccccc3)[C@H](O)[C@H]2OCc2ccccc2)O[C@@H]1O. The largest absolute Gasteiger partial charge is 0.387 e. The van der Waals surface area contributed by atoms with Gasteiger partial charge in [0.15, 0.2) is 18.9 Å². The summed E-state index contributed by atoms with van der Waals surface area (Å²) >= 11 is 0. The highest BCUT2D eigenvalue weighted by atomic mass is 16.8. The van der Waals surface area contributed by atoms with Crippen LogP contribution >= 0.6 is 0 Å². The van der Waals surface area contributed by atoms with E-state index in [2.05, 4.69) is 0 Å². The van der Waals surface area contributed by atoms with Gasteiger partial charge in [-0.1, -0.05) is 212 Å². The van der Waals surface area contributed by atoms with Crippen molar-refractivity contribution >= 4 is 0 Å². The third-order valence-corrected chi connectivity index (χ3v) is 14.8. The molecule has 0 aliphatic carbocycles. The molecule has 3 fully saturated rings. The number of aliphatic hydroxyl groups excluding tert-OH is 4. The Kier molecular flexibility index (Phi) is 22.5. The Labute approximate surface area is 484 Å². The molecule has 3 aliphatic rings. The van der Waals surface area contributed by atoms with Crippen LogP contribution in [-0.2, 0) is 103 Å². The molecular weight excluding hydrogens is 1060 g/mol. The second-order valence-electron chi connectivity index (χ2n) is 20.9. The summed E-state index contributed by atoms with van der Waals surface area (Å²) in [5.41, 5.74) is 6.07. The van der Waals surface area contributed by atoms with Crippen molar-refractivity contribution < 1.29 is 77.3 Å². The summed E-state index contributed by atoms with van der Waals surface area (Å²) in [7, 11) is 0. The zero-order chi connectivity index (χ0) is 57.0. The van der Waals surface area contributed by atoms with Crippen LogP contribution < -0.4 is 0 Å². The summed E-state index contributed by atoms with van der Waals surface area (Å²) in [5, 5.41) is 48.7. The lowest BCUT2D eigenvalue weighted by atomic mass is 9.96. The van der Waals surface area contributed by atoms with E-state index in [-0.39, 0.29) is 66.1 Å². The van der Waals surface area contributed by atoms with E-state index >= 15 is 0 Å². The maximum Gasteiger partial charge on any atom is 0.187 e. The Morgan fingerprint density at radius 1 is 0.265 bits per heavy atom. The molecule has 15 atom stereocenters. The third kappa shape index (κ3) is 17.1. The molecule has 83 heavy (non-hydrogen) atoms. The predicted octanol–water partition coefficient (Wildman–Crippen LogP) is 8.00. The molecule has 0 radical (unpaired) electrons. The Balaban J connectivity index is 0.960. The highest BCUT2D eigenvalue weighted by Gasteiger charge is 2.54. The molecule has 16 nitrogen and oxygen atoms in total. The van der Waals surface area contributed by atoms with Crippen LogP contribution in [0.2, 0.25) is 0 Å². The number of aliphatic hydroxyl groups is 4. The fourth-order valence-corrected chi connectivity index (χ4v) is 10.4. The van der Waals surface area contributed by atoms with Gasteiger partial charge < -0.3 is 77.3 Å². The summed E-state index contributed by atoms with van der Waals surface area (Å²) in [5.74, 6) is 0. The van der Waals surface area contributed by atoms with Crippen molar-refractivity contribution in [2.24, 2.45) is 0 Å². The third-order valence-electron chi connectivity index (χ3n) is 14.8. The van der Waals surface area contributed by atoms with Crippen molar-refractivity contribution in [1.82, 2.24) is 0 Å². The van der Waals surface area contributed by atoms with Crippen LogP contribution in [0.5, 0.6) is 0 Å². The summed E-state index contributed by atoms with van der Waals surface area (Å²) < 4.78 is 79.2. The molecule has 0 aromatic heterocycles. The van der Waals surface area contributed by atoms with Crippen LogP contribution in [0.15, 0.2) is 212 Å². The Morgan fingerprint density at radius 2 is 0.554 bits per heavy atom. The van der Waals surface area contributed by atoms with Crippen LogP contribution in [0.1, 0.15) is 38.9 Å². The molecule has 3 aliphatic heterocycles. The van der Waals surface area contributed by atoms with Crippen molar-refractivity contribution in [3.63, 3.8) is 0 Å². The summed E-state index contributed by atoms with van der Waals surface area (Å²) in [6.45, 7) is 0.514. The number of benzene rings is 7. The van der Waals surface area contributed by atoms with Crippen LogP contribution in [-0.4, -0.2) is 132 Å². The molecule has 438 valence electrons. The summed E-state index contributed by atoms with van der Waals surface area (Å²) in [6, 6.07) is 67.0. The summed E-state index contributed by atoms with van der Waals surface area (Å²) in [6.07, 6.45) is -18.8. The van der Waals surface area contributed by atoms with Gasteiger partial charge in [0.05, 0.1) is 66.1 Å². The number of rotatable bonds is 28. The van der Waals surface area contributed by atoms with Crippen LogP contribution in [0.25, 0.3) is 0 Å². The maximum atomic E-state index is 12.7. The maximum absolute atomic E-state index is 12.7. The van der Waals surface area contributed by atoms with Crippen molar-refractivity contribution in [2.75, 3.05) is 19.8 Å². The molecule has 10 rings (SSSR count). The van der Waals surface area contributed by atoms with Gasteiger partial charge in [0, 0.05) is 0 Å². The van der Waals surface area contributed by atoms with E-state index in [9.17, 15) is 20.4 Å². The molecule has 3 saturated heterocycles. The van der Waals surface area contributed by atoms with Gasteiger partial charge >= 0.3 is 0 Å². The summed E-state index contributed by atoms with van der Waals surface area (Å²) in [4.78, 5) is 0. The molecule has 0 saturated carbocycles. The molecule has 7 aromatic carbocycles. The minimum Gasteiger partial charge on any atom is -0.387 e. The molecular formula is C67H74O16. The highest BCUT2D eigenvalue weighted by molar-refractivity contribution is 5.19. The Hall–Kier alpha value is -6.10. The normalized spacial score (nSPS) is 28.2. The van der Waals surface area contributed by atoms with Crippen molar-refractivity contribution in [2.45, 2.75) is 138 Å². The van der Waals surface area contributed by atoms with E-state index < -0.39 is 92.1 Å². The van der Waals surface area contributed by atoms with E-state index in [1.165, 1.54) is 0 Å². The van der Waals surface area contributed by atoms with E-state index in [0.717, 1.165) is 38.9 Å². The van der Waals surface area contributed by atoms with Crippen molar-refractivity contribution in [3.05, 3.63) is 251 Å². The van der Waals surface area contributed by atoms with Gasteiger partial charge in [-0.2, -0.15) is 0 Å².